The highest BCUT2D eigenvalue weighted by atomic mass is 16.5. The van der Waals surface area contributed by atoms with Crippen LogP contribution in [0.5, 0.6) is 0 Å². The van der Waals surface area contributed by atoms with Gasteiger partial charge in [0.25, 0.3) is 5.89 Å². The number of hydrogen-bond acceptors (Lipinski definition) is 5. The number of anilines is 1. The molecular formula is C18H24N4O3. The van der Waals surface area contributed by atoms with Crippen LogP contribution in [-0.4, -0.2) is 45.9 Å². The molecule has 2 amide bonds. The first-order valence-electron chi connectivity index (χ1n) is 8.71. The number of rotatable bonds is 4. The van der Waals surface area contributed by atoms with Crippen LogP contribution in [0.15, 0.2) is 22.7 Å². The van der Waals surface area contributed by atoms with Gasteiger partial charge >= 0.3 is 6.03 Å². The quantitative estimate of drug-likeness (QED) is 0.890. The van der Waals surface area contributed by atoms with Gasteiger partial charge in [0.2, 0.25) is 0 Å². The lowest BCUT2D eigenvalue weighted by atomic mass is 9.99. The van der Waals surface area contributed by atoms with E-state index >= 15 is 0 Å². The Balaban J connectivity index is 1.75. The Labute approximate surface area is 147 Å². The average Bonchev–Trinajstić information content (AvgIpc) is 3.12. The second-order valence-electron chi connectivity index (χ2n) is 6.47. The first-order chi connectivity index (χ1) is 12.1. The topological polar surface area (TPSA) is 91.5 Å². The Morgan fingerprint density at radius 1 is 1.48 bits per heavy atom. The van der Waals surface area contributed by atoms with Gasteiger partial charge in [-0.1, -0.05) is 18.1 Å². The fourth-order valence-corrected chi connectivity index (χ4v) is 3.00. The number of aliphatic hydroxyl groups is 1. The Morgan fingerprint density at radius 2 is 2.32 bits per heavy atom. The van der Waals surface area contributed by atoms with E-state index in [0.29, 0.717) is 31.2 Å². The molecule has 0 saturated carbocycles. The molecule has 1 aromatic carbocycles. The van der Waals surface area contributed by atoms with Gasteiger partial charge in [-0.05, 0) is 43.4 Å². The lowest BCUT2D eigenvalue weighted by Gasteiger charge is -2.32. The average molecular weight is 344 g/mol. The van der Waals surface area contributed by atoms with Crippen molar-refractivity contribution in [3.8, 4) is 11.5 Å². The third-order valence-electron chi connectivity index (χ3n) is 4.57. The van der Waals surface area contributed by atoms with Gasteiger partial charge in [-0.25, -0.2) is 4.79 Å². The summed E-state index contributed by atoms with van der Waals surface area (Å²) in [6.45, 7) is 5.33. The number of nitrogens with zero attached hydrogens (tertiary/aromatic N) is 3. The summed E-state index contributed by atoms with van der Waals surface area (Å²) in [6, 6.07) is 5.54. The number of amides is 2. The van der Waals surface area contributed by atoms with Crippen molar-refractivity contribution >= 4 is 11.7 Å². The molecular weight excluding hydrogens is 320 g/mol. The number of hydrogen-bond donors (Lipinski definition) is 2. The van der Waals surface area contributed by atoms with Gasteiger partial charge in [0.05, 0.1) is 0 Å². The minimum atomic E-state index is -0.141. The van der Waals surface area contributed by atoms with Crippen molar-refractivity contribution in [2.24, 2.45) is 5.92 Å². The Kier molecular flexibility index (Phi) is 5.33. The fraction of sp³-hybridized carbons (Fsp3) is 0.500. The Morgan fingerprint density at radius 3 is 3.04 bits per heavy atom. The zero-order valence-corrected chi connectivity index (χ0v) is 14.7. The number of aryl methyl sites for hydroxylation is 2. The van der Waals surface area contributed by atoms with Crippen molar-refractivity contribution in [1.82, 2.24) is 15.0 Å². The third kappa shape index (κ3) is 3.99. The van der Waals surface area contributed by atoms with Crippen molar-refractivity contribution in [1.29, 1.82) is 0 Å². The maximum Gasteiger partial charge on any atom is 0.321 e. The molecule has 7 heteroatoms. The number of urea groups is 1. The highest BCUT2D eigenvalue weighted by Gasteiger charge is 2.23. The van der Waals surface area contributed by atoms with Gasteiger partial charge in [-0.3, -0.25) is 0 Å². The van der Waals surface area contributed by atoms with Crippen molar-refractivity contribution in [2.45, 2.75) is 33.1 Å². The molecule has 1 aliphatic heterocycles. The lowest BCUT2D eigenvalue weighted by molar-refractivity contribution is 0.136. The number of aliphatic hydroxyl groups excluding tert-OH is 1. The molecule has 1 unspecified atom stereocenters. The van der Waals surface area contributed by atoms with E-state index in [9.17, 15) is 9.90 Å². The minimum Gasteiger partial charge on any atom is -0.396 e. The molecule has 1 aromatic heterocycles. The number of carbonyl (C=O) groups excluding carboxylic acids is 1. The summed E-state index contributed by atoms with van der Waals surface area (Å²) in [5.41, 5.74) is 2.47. The standard InChI is InChI=1S/C18H24N4O3/c1-3-16-20-17(25-21-16)14-7-6-12(2)15(9-14)19-18(24)22-8-4-5-13(10-22)11-23/h6-7,9,13,23H,3-5,8,10-11H2,1-2H3,(H,19,24). The van der Waals surface area contributed by atoms with Crippen LogP contribution < -0.4 is 5.32 Å². The predicted octanol–water partition coefficient (Wildman–Crippen LogP) is 2.84. The Hall–Kier alpha value is -2.41. The van der Waals surface area contributed by atoms with E-state index in [1.807, 2.05) is 32.0 Å². The monoisotopic (exact) mass is 344 g/mol. The van der Waals surface area contributed by atoms with Crippen LogP contribution in [0.25, 0.3) is 11.5 Å². The molecule has 0 bridgehead atoms. The molecule has 134 valence electrons. The predicted molar refractivity (Wildman–Crippen MR) is 94.3 cm³/mol. The summed E-state index contributed by atoms with van der Waals surface area (Å²) in [5.74, 6) is 1.27. The second-order valence-corrected chi connectivity index (χ2v) is 6.47. The number of nitrogens with one attached hydrogen (secondary N) is 1. The number of likely N-dealkylation sites (tertiary alicyclic amines) is 1. The summed E-state index contributed by atoms with van der Waals surface area (Å²) in [4.78, 5) is 18.7. The first-order valence-corrected chi connectivity index (χ1v) is 8.71. The molecule has 1 saturated heterocycles. The molecule has 0 radical (unpaired) electrons. The summed E-state index contributed by atoms with van der Waals surface area (Å²) >= 11 is 0. The molecule has 3 rings (SSSR count). The van der Waals surface area contributed by atoms with Crippen LogP contribution in [-0.2, 0) is 6.42 Å². The number of benzene rings is 1. The maximum atomic E-state index is 12.6. The molecule has 2 aromatic rings. The van der Waals surface area contributed by atoms with E-state index in [2.05, 4.69) is 15.5 Å². The molecule has 0 spiro atoms. The molecule has 7 nitrogen and oxygen atoms in total. The highest BCUT2D eigenvalue weighted by Crippen LogP contribution is 2.25. The largest absolute Gasteiger partial charge is 0.396 e. The van der Waals surface area contributed by atoms with Gasteiger partial charge in [-0.15, -0.1) is 0 Å². The first kappa shape index (κ1) is 17.4. The molecule has 2 heterocycles. The van der Waals surface area contributed by atoms with Crippen LogP contribution in [0.2, 0.25) is 0 Å². The van der Waals surface area contributed by atoms with Crippen LogP contribution in [0.4, 0.5) is 10.5 Å². The third-order valence-corrected chi connectivity index (χ3v) is 4.57. The molecule has 25 heavy (non-hydrogen) atoms. The fourth-order valence-electron chi connectivity index (χ4n) is 3.00. The van der Waals surface area contributed by atoms with E-state index in [-0.39, 0.29) is 18.6 Å². The van der Waals surface area contributed by atoms with Crippen molar-refractivity contribution in [3.63, 3.8) is 0 Å². The SMILES string of the molecule is CCc1noc(-c2ccc(C)c(NC(=O)N3CCCC(CO)C3)c2)n1. The molecule has 1 aliphatic rings. The van der Waals surface area contributed by atoms with Crippen molar-refractivity contribution < 1.29 is 14.4 Å². The van der Waals surface area contributed by atoms with Crippen LogP contribution in [0.1, 0.15) is 31.2 Å². The Bertz CT molecular complexity index is 744. The molecule has 1 atom stereocenters. The van der Waals surface area contributed by atoms with E-state index in [1.165, 1.54) is 0 Å². The minimum absolute atomic E-state index is 0.120. The normalized spacial score (nSPS) is 17.6. The van der Waals surface area contributed by atoms with E-state index in [4.69, 9.17) is 4.52 Å². The summed E-state index contributed by atoms with van der Waals surface area (Å²) in [7, 11) is 0. The summed E-state index contributed by atoms with van der Waals surface area (Å²) in [5, 5.41) is 16.2. The van der Waals surface area contributed by atoms with Crippen molar-refractivity contribution in [2.75, 3.05) is 25.0 Å². The van der Waals surface area contributed by atoms with E-state index in [1.54, 1.807) is 4.90 Å². The van der Waals surface area contributed by atoms with Gasteiger partial charge in [-0.2, -0.15) is 4.98 Å². The van der Waals surface area contributed by atoms with Crippen molar-refractivity contribution in [3.05, 3.63) is 29.6 Å². The van der Waals surface area contributed by atoms with Crippen LogP contribution in [0.3, 0.4) is 0 Å². The number of carbonyl (C=O) groups is 1. The van der Waals surface area contributed by atoms with Gasteiger partial charge < -0.3 is 19.8 Å². The van der Waals surface area contributed by atoms with Crippen LogP contribution in [0, 0.1) is 12.8 Å². The second kappa shape index (κ2) is 7.65. The van der Waals surface area contributed by atoms with Gasteiger partial charge in [0, 0.05) is 37.4 Å². The smallest absolute Gasteiger partial charge is 0.321 e. The highest BCUT2D eigenvalue weighted by molar-refractivity contribution is 5.91. The summed E-state index contributed by atoms with van der Waals surface area (Å²) < 4.78 is 5.27. The van der Waals surface area contributed by atoms with E-state index in [0.717, 1.165) is 29.7 Å². The summed E-state index contributed by atoms with van der Waals surface area (Å²) in [6.07, 6.45) is 2.59. The van der Waals surface area contributed by atoms with E-state index < -0.39 is 0 Å². The zero-order valence-electron chi connectivity index (χ0n) is 14.7. The maximum absolute atomic E-state index is 12.6. The van der Waals surface area contributed by atoms with Crippen LogP contribution >= 0.6 is 0 Å². The molecule has 0 aliphatic carbocycles. The number of piperidine rings is 1. The lowest BCUT2D eigenvalue weighted by Crippen LogP contribution is -2.43. The molecule has 2 N–H and O–H groups in total. The number of aromatic nitrogens is 2. The zero-order chi connectivity index (χ0) is 17.8. The molecule has 1 fully saturated rings. The van der Waals surface area contributed by atoms with Gasteiger partial charge in [0.1, 0.15) is 0 Å². The van der Waals surface area contributed by atoms with Gasteiger partial charge in [0.15, 0.2) is 5.82 Å².